The van der Waals surface area contributed by atoms with Crippen LogP contribution in [0.2, 0.25) is 0 Å². The van der Waals surface area contributed by atoms with Crippen LogP contribution in [-0.2, 0) is 0 Å². The maximum absolute atomic E-state index is 2.33. The molecule has 0 N–H and O–H groups in total. The molecule has 0 aromatic heterocycles. The van der Waals surface area contributed by atoms with Gasteiger partial charge >= 0.3 is 99.0 Å². The number of rotatable bonds is 3. The van der Waals surface area contributed by atoms with E-state index in [9.17, 15) is 0 Å². The molecule has 0 aliphatic heterocycles. The minimum absolute atomic E-state index is 0.930. The fourth-order valence-corrected chi connectivity index (χ4v) is 2.33. The first kappa shape index (κ1) is 9.21. The number of hydrogen-bond donors (Lipinski definition) is 0. The fourth-order valence-electron chi connectivity index (χ4n) is 1.32. The zero-order valence-electron chi connectivity index (χ0n) is 6.98. The molecule has 0 unspecified atom stereocenters. The number of hydrogen-bond acceptors (Lipinski definition) is 0. The molecule has 0 fully saturated rings. The zero-order valence-corrected chi connectivity index (χ0v) is 10.1. The minimum atomic E-state index is 0.930. The predicted molar refractivity (Wildman–Crippen MR) is 46.1 cm³/mol. The second-order valence-electron chi connectivity index (χ2n) is 3.02. The standard InChI is InChI=1S/C9H13.K/c1-2-3-6-9-7-4-5-8-9;/h4,7H,2-3,5-6H2,1H3;. The quantitative estimate of drug-likeness (QED) is 0.557. The molecule has 50 valence electrons. The van der Waals surface area contributed by atoms with Gasteiger partial charge in [0.25, 0.3) is 0 Å². The Morgan fingerprint density at radius 1 is 1.60 bits per heavy atom. The van der Waals surface area contributed by atoms with Crippen molar-refractivity contribution in [3.8, 4) is 0 Å². The van der Waals surface area contributed by atoms with Crippen molar-refractivity contribution in [1.29, 1.82) is 0 Å². The molecule has 0 radical (unpaired) electrons. The summed E-state index contributed by atoms with van der Waals surface area (Å²) in [5.41, 5.74) is 1.67. The molecule has 1 aliphatic carbocycles. The van der Waals surface area contributed by atoms with E-state index >= 15 is 0 Å². The molecule has 0 atom stereocenters. The molecule has 0 amide bonds. The van der Waals surface area contributed by atoms with Crippen LogP contribution in [0, 0.1) is 0 Å². The van der Waals surface area contributed by atoms with E-state index in [0.29, 0.717) is 0 Å². The Kier molecular flexibility index (Phi) is 4.50. The van der Waals surface area contributed by atoms with Crippen molar-refractivity contribution >= 4 is 49.0 Å². The third kappa shape index (κ3) is 2.63. The summed E-state index contributed by atoms with van der Waals surface area (Å²) >= 11 is 0.930. The van der Waals surface area contributed by atoms with E-state index in [-0.39, 0.29) is 0 Å². The summed E-state index contributed by atoms with van der Waals surface area (Å²) in [4.78, 5) is 0. The average molecular weight is 160 g/mol. The second kappa shape index (κ2) is 4.89. The summed E-state index contributed by atoms with van der Waals surface area (Å²) in [7, 11) is 0. The number of allylic oxidation sites excluding steroid dienone is 4. The Balaban J connectivity index is 2.38. The van der Waals surface area contributed by atoms with Crippen LogP contribution in [-0.4, -0.2) is 49.0 Å². The van der Waals surface area contributed by atoms with Crippen molar-refractivity contribution in [2.75, 3.05) is 0 Å². The Hall–Kier alpha value is 1.12. The van der Waals surface area contributed by atoms with Gasteiger partial charge < -0.3 is 0 Å². The van der Waals surface area contributed by atoms with Gasteiger partial charge in [-0.2, -0.15) is 0 Å². The molecule has 10 heavy (non-hydrogen) atoms. The summed E-state index contributed by atoms with van der Waals surface area (Å²) in [5, 5.41) is 0. The first-order valence-corrected chi connectivity index (χ1v) is 5.76. The summed E-state index contributed by atoms with van der Waals surface area (Å²) in [6.07, 6.45) is 9.96. The van der Waals surface area contributed by atoms with Gasteiger partial charge in [-0.25, -0.2) is 0 Å². The topological polar surface area (TPSA) is 0 Å². The summed E-state index contributed by atoms with van der Waals surface area (Å²) in [5.74, 6) is 0. The van der Waals surface area contributed by atoms with Crippen molar-refractivity contribution in [3.05, 3.63) is 17.4 Å². The number of unbranched alkanes of at least 4 members (excludes halogenated alkanes) is 1. The van der Waals surface area contributed by atoms with Crippen LogP contribution in [0.25, 0.3) is 0 Å². The molecule has 0 aromatic rings. The molecule has 0 bridgehead atoms. The first-order valence-electron chi connectivity index (χ1n) is 4.19. The van der Waals surface area contributed by atoms with Gasteiger partial charge in [-0.05, 0) is 0 Å². The molecule has 0 saturated heterocycles. The molecule has 0 heterocycles. The fraction of sp³-hybridized carbons (Fsp3) is 0.556. The molecule has 0 saturated carbocycles. The maximum atomic E-state index is 2.33. The molecule has 0 spiro atoms. The Morgan fingerprint density at radius 3 is 2.90 bits per heavy atom. The summed E-state index contributed by atoms with van der Waals surface area (Å²) < 4.78 is 1.76. The second-order valence-corrected chi connectivity index (χ2v) is 4.90. The third-order valence-corrected chi connectivity index (χ3v) is 3.73. The average Bonchev–Trinajstić information content (AvgIpc) is 2.31. The molecular weight excluding hydrogens is 147 g/mol. The van der Waals surface area contributed by atoms with Crippen molar-refractivity contribution in [3.63, 3.8) is 0 Å². The summed E-state index contributed by atoms with van der Waals surface area (Å²) in [6, 6.07) is 0. The molecule has 1 rings (SSSR count). The van der Waals surface area contributed by atoms with Crippen LogP contribution in [0.5, 0.6) is 0 Å². The van der Waals surface area contributed by atoms with Gasteiger partial charge in [-0.1, -0.05) is 0 Å². The van der Waals surface area contributed by atoms with Crippen LogP contribution in [0.4, 0.5) is 0 Å². The SMILES string of the molecule is CCCCC1=[C]([K])CC=C1. The molecule has 1 heteroatoms. The van der Waals surface area contributed by atoms with E-state index < -0.39 is 0 Å². The van der Waals surface area contributed by atoms with Crippen molar-refractivity contribution < 1.29 is 0 Å². The van der Waals surface area contributed by atoms with Gasteiger partial charge in [0.15, 0.2) is 0 Å². The van der Waals surface area contributed by atoms with Crippen LogP contribution in [0.15, 0.2) is 17.4 Å². The van der Waals surface area contributed by atoms with Crippen LogP contribution in [0.1, 0.15) is 32.6 Å². The Bertz CT molecular complexity index is 166. The molecule has 0 nitrogen and oxygen atoms in total. The van der Waals surface area contributed by atoms with Crippen LogP contribution >= 0.6 is 0 Å². The van der Waals surface area contributed by atoms with E-state index in [0.717, 1.165) is 49.0 Å². The van der Waals surface area contributed by atoms with Gasteiger partial charge in [0.1, 0.15) is 0 Å². The molecule has 0 aromatic carbocycles. The van der Waals surface area contributed by atoms with Crippen molar-refractivity contribution in [1.82, 2.24) is 0 Å². The van der Waals surface area contributed by atoms with Gasteiger partial charge in [0.05, 0.1) is 0 Å². The monoisotopic (exact) mass is 160 g/mol. The van der Waals surface area contributed by atoms with E-state index in [1.807, 2.05) is 0 Å². The van der Waals surface area contributed by atoms with Crippen molar-refractivity contribution in [2.45, 2.75) is 32.6 Å². The van der Waals surface area contributed by atoms with Gasteiger partial charge in [0, 0.05) is 0 Å². The molecule has 1 aliphatic rings. The van der Waals surface area contributed by atoms with E-state index in [2.05, 4.69) is 19.1 Å². The van der Waals surface area contributed by atoms with Crippen molar-refractivity contribution in [2.24, 2.45) is 0 Å². The van der Waals surface area contributed by atoms with Gasteiger partial charge in [-0.3, -0.25) is 0 Å². The Labute approximate surface area is 97.4 Å². The van der Waals surface area contributed by atoms with E-state index in [4.69, 9.17) is 0 Å². The van der Waals surface area contributed by atoms with E-state index in [1.54, 1.807) is 5.24 Å². The summed E-state index contributed by atoms with van der Waals surface area (Å²) in [6.45, 7) is 2.26. The Morgan fingerprint density at radius 2 is 2.40 bits per heavy atom. The van der Waals surface area contributed by atoms with Crippen LogP contribution < -0.4 is 0 Å². The third-order valence-electron chi connectivity index (χ3n) is 2.09. The van der Waals surface area contributed by atoms with Crippen LogP contribution in [0.3, 0.4) is 0 Å². The van der Waals surface area contributed by atoms with Gasteiger partial charge in [0.2, 0.25) is 0 Å². The zero-order chi connectivity index (χ0) is 7.40. The molecular formula is C9H13K. The predicted octanol–water partition coefficient (Wildman–Crippen LogP) is 2.56. The normalized spacial score (nSPS) is 17.1. The first-order chi connectivity index (χ1) is 4.84. The van der Waals surface area contributed by atoms with Gasteiger partial charge in [-0.15, -0.1) is 0 Å². The van der Waals surface area contributed by atoms with E-state index in [1.165, 1.54) is 25.7 Å².